The number of hydrogen-bond acceptors (Lipinski definition) is 2. The van der Waals surface area contributed by atoms with Crippen LogP contribution < -0.4 is 10.1 Å². The van der Waals surface area contributed by atoms with Crippen LogP contribution in [0.15, 0.2) is 103 Å². The van der Waals surface area contributed by atoms with Gasteiger partial charge in [-0.05, 0) is 29.0 Å². The average Bonchev–Trinajstić information content (AvgIpc) is 2.82. The number of carbonyl (C=O) groups is 1. The van der Waals surface area contributed by atoms with Gasteiger partial charge in [0.25, 0.3) is 5.91 Å². The van der Waals surface area contributed by atoms with E-state index in [0.29, 0.717) is 6.42 Å². The quantitative estimate of drug-likeness (QED) is 0.423. The Kier molecular flexibility index (Phi) is 6.09. The summed E-state index contributed by atoms with van der Waals surface area (Å²) in [5.41, 5.74) is 2.08. The molecule has 4 rings (SSSR count). The first-order valence-corrected chi connectivity index (χ1v) is 10.3. The largest absolute Gasteiger partial charge is 0.480 e. The highest BCUT2D eigenvalue weighted by Crippen LogP contribution is 2.27. The van der Waals surface area contributed by atoms with Crippen molar-refractivity contribution in [3.05, 3.63) is 114 Å². The van der Waals surface area contributed by atoms with Crippen molar-refractivity contribution in [2.24, 2.45) is 0 Å². The molecule has 150 valence electrons. The van der Waals surface area contributed by atoms with E-state index in [1.165, 1.54) is 0 Å². The molecular formula is C27H25NO2. The number of ether oxygens (including phenoxy) is 1. The monoisotopic (exact) mass is 395 g/mol. The number of rotatable bonds is 7. The Balaban J connectivity index is 1.59. The van der Waals surface area contributed by atoms with Crippen molar-refractivity contribution in [1.82, 2.24) is 5.32 Å². The van der Waals surface area contributed by atoms with E-state index in [9.17, 15) is 4.79 Å². The Morgan fingerprint density at radius 3 is 1.97 bits per heavy atom. The molecule has 0 aromatic heterocycles. The molecule has 0 aliphatic carbocycles. The molecule has 0 fully saturated rings. The van der Waals surface area contributed by atoms with Crippen molar-refractivity contribution in [2.75, 3.05) is 0 Å². The summed E-state index contributed by atoms with van der Waals surface area (Å²) in [5, 5.41) is 5.31. The van der Waals surface area contributed by atoms with Gasteiger partial charge >= 0.3 is 0 Å². The number of hydrogen-bond donors (Lipinski definition) is 1. The molecular weight excluding hydrogens is 370 g/mol. The van der Waals surface area contributed by atoms with Gasteiger partial charge in [0.2, 0.25) is 0 Å². The number of nitrogens with one attached hydrogen (secondary N) is 1. The van der Waals surface area contributed by atoms with Gasteiger partial charge in [-0.25, -0.2) is 0 Å². The van der Waals surface area contributed by atoms with Crippen LogP contribution in [-0.4, -0.2) is 12.0 Å². The maximum Gasteiger partial charge on any atom is 0.261 e. The van der Waals surface area contributed by atoms with Gasteiger partial charge in [-0.2, -0.15) is 0 Å². The van der Waals surface area contributed by atoms with E-state index in [0.717, 1.165) is 27.6 Å². The Bertz CT molecular complexity index is 1060. The summed E-state index contributed by atoms with van der Waals surface area (Å²) in [6, 6.07) is 33.8. The fourth-order valence-corrected chi connectivity index (χ4v) is 3.66. The van der Waals surface area contributed by atoms with Crippen LogP contribution in [-0.2, 0) is 4.79 Å². The standard InChI is InChI=1S/C27H25NO2/c1-2-24(30-25-19-11-17-20-12-9-10-18-23(20)25)27(29)28-26(21-13-5-3-6-14-21)22-15-7-4-8-16-22/h3-19,24,26H,2H2,1H3,(H,28,29)/t24-/m1/s1. The Morgan fingerprint density at radius 2 is 1.33 bits per heavy atom. The van der Waals surface area contributed by atoms with Crippen LogP contribution in [0.5, 0.6) is 5.75 Å². The summed E-state index contributed by atoms with van der Waals surface area (Å²) in [5.74, 6) is 0.606. The van der Waals surface area contributed by atoms with E-state index in [-0.39, 0.29) is 11.9 Å². The summed E-state index contributed by atoms with van der Waals surface area (Å²) >= 11 is 0. The molecule has 0 saturated heterocycles. The molecule has 0 unspecified atom stereocenters. The van der Waals surface area contributed by atoms with Gasteiger partial charge < -0.3 is 10.1 Å². The zero-order valence-electron chi connectivity index (χ0n) is 17.0. The van der Waals surface area contributed by atoms with Crippen molar-refractivity contribution in [2.45, 2.75) is 25.5 Å². The number of amides is 1. The third-order valence-corrected chi connectivity index (χ3v) is 5.23. The summed E-state index contributed by atoms with van der Waals surface area (Å²) < 4.78 is 6.20. The topological polar surface area (TPSA) is 38.3 Å². The molecule has 1 amide bonds. The zero-order chi connectivity index (χ0) is 20.8. The Hall–Kier alpha value is -3.59. The number of carbonyl (C=O) groups excluding carboxylic acids is 1. The molecule has 0 bridgehead atoms. The van der Waals surface area contributed by atoms with Crippen molar-refractivity contribution in [3.63, 3.8) is 0 Å². The van der Waals surface area contributed by atoms with Crippen LogP contribution in [0.2, 0.25) is 0 Å². The van der Waals surface area contributed by atoms with Gasteiger partial charge in [0.05, 0.1) is 6.04 Å². The van der Waals surface area contributed by atoms with Gasteiger partial charge in [0.1, 0.15) is 5.75 Å². The maximum atomic E-state index is 13.2. The second-order valence-corrected chi connectivity index (χ2v) is 7.25. The summed E-state index contributed by atoms with van der Waals surface area (Å²) in [4.78, 5) is 13.2. The fraction of sp³-hybridized carbons (Fsp3) is 0.148. The molecule has 0 radical (unpaired) electrons. The molecule has 1 N–H and O–H groups in total. The third-order valence-electron chi connectivity index (χ3n) is 5.23. The molecule has 3 heteroatoms. The average molecular weight is 396 g/mol. The second-order valence-electron chi connectivity index (χ2n) is 7.25. The lowest BCUT2D eigenvalue weighted by Gasteiger charge is -2.24. The normalized spacial score (nSPS) is 11.9. The van der Waals surface area contributed by atoms with Crippen LogP contribution in [0, 0.1) is 0 Å². The van der Waals surface area contributed by atoms with E-state index < -0.39 is 6.10 Å². The van der Waals surface area contributed by atoms with Gasteiger partial charge in [-0.3, -0.25) is 4.79 Å². The maximum absolute atomic E-state index is 13.2. The van der Waals surface area contributed by atoms with Gasteiger partial charge in [-0.15, -0.1) is 0 Å². The summed E-state index contributed by atoms with van der Waals surface area (Å²) in [6.45, 7) is 1.97. The predicted octanol–water partition coefficient (Wildman–Crippen LogP) is 5.90. The molecule has 1 atom stereocenters. The Morgan fingerprint density at radius 1 is 0.767 bits per heavy atom. The molecule has 0 aliphatic heterocycles. The molecule has 30 heavy (non-hydrogen) atoms. The minimum atomic E-state index is -0.578. The van der Waals surface area contributed by atoms with Crippen molar-refractivity contribution in [3.8, 4) is 5.75 Å². The Labute approximate surface area is 177 Å². The van der Waals surface area contributed by atoms with E-state index >= 15 is 0 Å². The number of fused-ring (bicyclic) bond motifs is 1. The van der Waals surface area contributed by atoms with Gasteiger partial charge in [0, 0.05) is 5.39 Å². The van der Waals surface area contributed by atoms with E-state index in [2.05, 4.69) is 5.32 Å². The molecule has 4 aromatic rings. The predicted molar refractivity (Wildman–Crippen MR) is 122 cm³/mol. The third kappa shape index (κ3) is 4.36. The number of benzene rings is 4. The lowest BCUT2D eigenvalue weighted by Crippen LogP contribution is -2.40. The van der Waals surface area contributed by atoms with Gasteiger partial charge in [0.15, 0.2) is 6.10 Å². The van der Waals surface area contributed by atoms with Crippen LogP contribution in [0.3, 0.4) is 0 Å². The molecule has 4 aromatic carbocycles. The first-order chi connectivity index (χ1) is 14.8. The van der Waals surface area contributed by atoms with Crippen LogP contribution in [0.4, 0.5) is 0 Å². The highest BCUT2D eigenvalue weighted by molar-refractivity contribution is 5.89. The van der Waals surface area contributed by atoms with Crippen LogP contribution in [0.25, 0.3) is 10.8 Å². The molecule has 0 saturated carbocycles. The van der Waals surface area contributed by atoms with E-state index in [1.54, 1.807) is 0 Å². The van der Waals surface area contributed by atoms with Crippen molar-refractivity contribution < 1.29 is 9.53 Å². The lowest BCUT2D eigenvalue weighted by atomic mass is 9.98. The lowest BCUT2D eigenvalue weighted by molar-refractivity contribution is -0.128. The molecule has 0 spiro atoms. The highest BCUT2D eigenvalue weighted by Gasteiger charge is 2.24. The van der Waals surface area contributed by atoms with Crippen LogP contribution >= 0.6 is 0 Å². The molecule has 0 heterocycles. The fourth-order valence-electron chi connectivity index (χ4n) is 3.66. The van der Waals surface area contributed by atoms with Crippen molar-refractivity contribution >= 4 is 16.7 Å². The van der Waals surface area contributed by atoms with Crippen LogP contribution in [0.1, 0.15) is 30.5 Å². The van der Waals surface area contributed by atoms with Crippen molar-refractivity contribution in [1.29, 1.82) is 0 Å². The summed E-state index contributed by atoms with van der Waals surface area (Å²) in [7, 11) is 0. The van der Waals surface area contributed by atoms with E-state index in [4.69, 9.17) is 4.74 Å². The molecule has 3 nitrogen and oxygen atoms in total. The smallest absolute Gasteiger partial charge is 0.261 e. The van der Waals surface area contributed by atoms with Gasteiger partial charge in [-0.1, -0.05) is 104 Å². The summed E-state index contributed by atoms with van der Waals surface area (Å²) in [6.07, 6.45) is -0.00327. The first kappa shape index (κ1) is 19.7. The zero-order valence-corrected chi connectivity index (χ0v) is 17.0. The van der Waals surface area contributed by atoms with E-state index in [1.807, 2.05) is 110 Å². The molecule has 0 aliphatic rings. The highest BCUT2D eigenvalue weighted by atomic mass is 16.5. The minimum Gasteiger partial charge on any atom is -0.480 e. The minimum absolute atomic E-state index is 0.122. The first-order valence-electron chi connectivity index (χ1n) is 10.3. The second kappa shape index (κ2) is 9.27. The SMILES string of the molecule is CC[C@@H](Oc1cccc2ccccc12)C(=O)NC(c1ccccc1)c1ccccc1.